The molecule has 1 aliphatic heterocycles. The minimum Gasteiger partial charge on any atom is -0.457 e. The molecule has 0 bridgehead atoms. The van der Waals surface area contributed by atoms with Gasteiger partial charge < -0.3 is 14.5 Å². The first kappa shape index (κ1) is 37.4. The highest BCUT2D eigenvalue weighted by atomic mass is 16.5. The maximum absolute atomic E-state index is 6.78. The summed E-state index contributed by atoms with van der Waals surface area (Å²) in [5.41, 5.74) is 14.8. The highest BCUT2D eigenvalue weighted by Gasteiger charge is 2.37. The van der Waals surface area contributed by atoms with Crippen molar-refractivity contribution in [3.8, 4) is 17.3 Å². The summed E-state index contributed by atoms with van der Waals surface area (Å²) in [6.07, 6.45) is 1.93. The standard InChI is InChI=1S/C51H56N4O/c1-32-24-33(2)47(34(3)25-32)54-31-53(45-27-36(50(7,8)9)26-42(48(45)54)51(10,11)12)37-16-15-17-38(29-37)56-39-20-21-41-40-18-13-14-19-43(40)55(44(41)30-39)46-28-35(22-23-52-46)49(4,5)6/h13-30H,31H2,1-12H3. The van der Waals surface area contributed by atoms with Gasteiger partial charge in [0.2, 0.25) is 0 Å². The molecule has 5 heteroatoms. The highest BCUT2D eigenvalue weighted by molar-refractivity contribution is 6.09. The summed E-state index contributed by atoms with van der Waals surface area (Å²) in [4.78, 5) is 9.91. The topological polar surface area (TPSA) is 33.5 Å². The van der Waals surface area contributed by atoms with Crippen LogP contribution in [0.1, 0.15) is 95.7 Å². The number of hydrogen-bond donors (Lipinski definition) is 0. The second kappa shape index (κ2) is 13.3. The zero-order chi connectivity index (χ0) is 39.9. The van der Waals surface area contributed by atoms with Crippen LogP contribution in [0.4, 0.5) is 22.7 Å². The smallest absolute Gasteiger partial charge is 0.137 e. The summed E-state index contributed by atoms with van der Waals surface area (Å²) in [6, 6.07) is 37.4. The van der Waals surface area contributed by atoms with Gasteiger partial charge >= 0.3 is 0 Å². The summed E-state index contributed by atoms with van der Waals surface area (Å²) in [5.74, 6) is 2.48. The van der Waals surface area contributed by atoms with Crippen molar-refractivity contribution < 1.29 is 4.74 Å². The zero-order valence-corrected chi connectivity index (χ0v) is 35.3. The Hall–Kier alpha value is -5.55. The molecule has 0 fully saturated rings. The number of ether oxygens (including phenoxy) is 1. The normalized spacial score (nSPS) is 13.6. The van der Waals surface area contributed by atoms with E-state index in [0.717, 1.165) is 34.0 Å². The lowest BCUT2D eigenvalue weighted by Crippen LogP contribution is -2.26. The van der Waals surface area contributed by atoms with Gasteiger partial charge in [0.15, 0.2) is 0 Å². The number of rotatable bonds is 5. The van der Waals surface area contributed by atoms with Crippen LogP contribution in [0.25, 0.3) is 27.6 Å². The van der Waals surface area contributed by atoms with E-state index >= 15 is 0 Å². The number of nitrogens with zero attached hydrogens (tertiary/aromatic N) is 4. The minimum absolute atomic E-state index is 0.00302. The van der Waals surface area contributed by atoms with Gasteiger partial charge in [-0.2, -0.15) is 0 Å². The predicted octanol–water partition coefficient (Wildman–Crippen LogP) is 14.0. The number of para-hydroxylation sites is 1. The van der Waals surface area contributed by atoms with Gasteiger partial charge in [-0.05, 0) is 113 Å². The molecule has 0 unspecified atom stereocenters. The number of benzene rings is 5. The van der Waals surface area contributed by atoms with E-state index in [1.165, 1.54) is 61.2 Å². The van der Waals surface area contributed by atoms with Crippen LogP contribution < -0.4 is 14.5 Å². The van der Waals surface area contributed by atoms with Gasteiger partial charge in [-0.15, -0.1) is 0 Å². The van der Waals surface area contributed by atoms with E-state index in [1.54, 1.807) is 0 Å². The van der Waals surface area contributed by atoms with E-state index in [1.807, 2.05) is 6.20 Å². The van der Waals surface area contributed by atoms with E-state index in [9.17, 15) is 0 Å². The second-order valence-corrected chi connectivity index (χ2v) is 18.9. The first-order chi connectivity index (χ1) is 26.4. The third kappa shape index (κ3) is 6.61. The first-order valence-corrected chi connectivity index (χ1v) is 20.0. The fourth-order valence-corrected chi connectivity index (χ4v) is 8.52. The molecule has 1 aliphatic rings. The van der Waals surface area contributed by atoms with Gasteiger partial charge in [0.25, 0.3) is 0 Å². The van der Waals surface area contributed by atoms with Crippen LogP contribution in [0.15, 0.2) is 109 Å². The van der Waals surface area contributed by atoms with E-state index in [0.29, 0.717) is 6.67 Å². The Morgan fingerprint density at radius 3 is 1.93 bits per heavy atom. The average Bonchev–Trinajstić information content (AvgIpc) is 3.66. The van der Waals surface area contributed by atoms with E-state index in [2.05, 4.69) is 201 Å². The summed E-state index contributed by atoms with van der Waals surface area (Å²) >= 11 is 0. The van der Waals surface area contributed by atoms with Crippen LogP contribution in [-0.2, 0) is 16.2 Å². The van der Waals surface area contributed by atoms with Crippen molar-refractivity contribution in [3.63, 3.8) is 0 Å². The van der Waals surface area contributed by atoms with Crippen LogP contribution >= 0.6 is 0 Å². The average molecular weight is 741 g/mol. The Kier molecular flexibility index (Phi) is 8.87. The molecule has 0 N–H and O–H groups in total. The van der Waals surface area contributed by atoms with E-state index in [4.69, 9.17) is 9.72 Å². The Morgan fingerprint density at radius 1 is 0.554 bits per heavy atom. The van der Waals surface area contributed by atoms with E-state index < -0.39 is 0 Å². The fourth-order valence-electron chi connectivity index (χ4n) is 8.52. The Morgan fingerprint density at radius 2 is 1.23 bits per heavy atom. The molecule has 56 heavy (non-hydrogen) atoms. The van der Waals surface area contributed by atoms with Gasteiger partial charge in [0.1, 0.15) is 24.0 Å². The Balaban J connectivity index is 1.23. The molecule has 5 aromatic carbocycles. The van der Waals surface area contributed by atoms with Crippen molar-refractivity contribution in [3.05, 3.63) is 143 Å². The molecule has 286 valence electrons. The molecule has 8 rings (SSSR count). The number of hydrogen-bond acceptors (Lipinski definition) is 4. The third-order valence-corrected chi connectivity index (χ3v) is 11.4. The van der Waals surface area contributed by atoms with Gasteiger partial charge in [-0.25, -0.2) is 4.98 Å². The molecule has 0 saturated heterocycles. The molecule has 5 nitrogen and oxygen atoms in total. The summed E-state index contributed by atoms with van der Waals surface area (Å²) in [5, 5.41) is 2.36. The van der Waals surface area contributed by atoms with Crippen molar-refractivity contribution in [1.82, 2.24) is 9.55 Å². The molecule has 0 aliphatic carbocycles. The van der Waals surface area contributed by atoms with Crippen LogP contribution in [-0.4, -0.2) is 16.2 Å². The molecular weight excluding hydrogens is 685 g/mol. The predicted molar refractivity (Wildman–Crippen MR) is 237 cm³/mol. The van der Waals surface area contributed by atoms with Crippen molar-refractivity contribution in [2.45, 2.75) is 99.3 Å². The van der Waals surface area contributed by atoms with Crippen molar-refractivity contribution in [2.24, 2.45) is 0 Å². The summed E-state index contributed by atoms with van der Waals surface area (Å²) < 4.78 is 9.06. The lowest BCUT2D eigenvalue weighted by atomic mass is 9.79. The maximum atomic E-state index is 6.78. The quantitative estimate of drug-likeness (QED) is 0.176. The molecule has 7 aromatic rings. The molecule has 0 saturated carbocycles. The lowest BCUT2D eigenvalue weighted by molar-refractivity contribution is 0.483. The zero-order valence-electron chi connectivity index (χ0n) is 35.3. The molecule has 0 amide bonds. The second-order valence-electron chi connectivity index (χ2n) is 18.9. The number of aromatic nitrogens is 2. The monoisotopic (exact) mass is 740 g/mol. The largest absolute Gasteiger partial charge is 0.457 e. The van der Waals surface area contributed by atoms with Crippen molar-refractivity contribution >= 4 is 44.6 Å². The summed E-state index contributed by atoms with van der Waals surface area (Å²) in [6.45, 7) is 28.1. The molecule has 3 heterocycles. The Bertz CT molecular complexity index is 2620. The van der Waals surface area contributed by atoms with E-state index in [-0.39, 0.29) is 16.2 Å². The number of aryl methyl sites for hydroxylation is 3. The first-order valence-electron chi connectivity index (χ1n) is 20.0. The lowest BCUT2D eigenvalue weighted by Gasteiger charge is -2.31. The maximum Gasteiger partial charge on any atom is 0.137 e. The van der Waals surface area contributed by atoms with Gasteiger partial charge in [-0.3, -0.25) is 4.57 Å². The van der Waals surface area contributed by atoms with Crippen molar-refractivity contribution in [2.75, 3.05) is 16.5 Å². The van der Waals surface area contributed by atoms with Gasteiger partial charge in [-0.1, -0.05) is 110 Å². The van der Waals surface area contributed by atoms with Crippen LogP contribution in [0.2, 0.25) is 0 Å². The molecule has 2 aromatic heterocycles. The van der Waals surface area contributed by atoms with Crippen LogP contribution in [0.5, 0.6) is 11.5 Å². The van der Waals surface area contributed by atoms with Crippen LogP contribution in [0, 0.1) is 20.8 Å². The summed E-state index contributed by atoms with van der Waals surface area (Å²) in [7, 11) is 0. The highest BCUT2D eigenvalue weighted by Crippen LogP contribution is 2.52. The molecule has 0 radical (unpaired) electrons. The number of pyridine rings is 1. The van der Waals surface area contributed by atoms with Gasteiger partial charge in [0.05, 0.1) is 22.4 Å². The minimum atomic E-state index is -0.0677. The van der Waals surface area contributed by atoms with Crippen molar-refractivity contribution in [1.29, 1.82) is 0 Å². The number of fused-ring (bicyclic) bond motifs is 4. The van der Waals surface area contributed by atoms with Gasteiger partial charge in [0, 0.05) is 40.5 Å². The molecule has 0 spiro atoms. The molecule has 0 atom stereocenters. The number of anilines is 4. The molecular formula is C51H56N4O. The SMILES string of the molecule is Cc1cc(C)c(N2CN(c3cccc(Oc4ccc5c6ccccc6n(-c6cc(C(C)(C)C)ccn6)c5c4)c3)c3cc(C(C)(C)C)cc(C(C)(C)C)c32)c(C)c1. The Labute approximate surface area is 333 Å². The van der Waals surface area contributed by atoms with Crippen LogP contribution in [0.3, 0.4) is 0 Å². The fraction of sp³-hybridized carbons (Fsp3) is 0.314. The third-order valence-electron chi connectivity index (χ3n) is 11.4.